The predicted molar refractivity (Wildman–Crippen MR) is 68.1 cm³/mol. The van der Waals surface area contributed by atoms with E-state index in [1.165, 1.54) is 14.1 Å². The molecule has 1 N–H and O–H groups in total. The van der Waals surface area contributed by atoms with Crippen molar-refractivity contribution in [1.82, 2.24) is 9.80 Å². The molecule has 0 aliphatic carbocycles. The van der Waals surface area contributed by atoms with Gasteiger partial charge in [0.05, 0.1) is 5.57 Å². The lowest BCUT2D eigenvalue weighted by Crippen LogP contribution is -2.52. The highest BCUT2D eigenvalue weighted by Crippen LogP contribution is 2.17. The average Bonchev–Trinajstić information content (AvgIpc) is 2.40. The van der Waals surface area contributed by atoms with Crippen LogP contribution in [0.4, 0.5) is 4.79 Å². The summed E-state index contributed by atoms with van der Waals surface area (Å²) < 4.78 is 0. The van der Waals surface area contributed by atoms with Crippen LogP contribution in [0.5, 0.6) is 0 Å². The van der Waals surface area contributed by atoms with Gasteiger partial charge in [0.25, 0.3) is 5.91 Å². The molecule has 0 bridgehead atoms. The number of benzene rings is 1. The molecule has 0 atom stereocenters. The molecule has 3 amide bonds. The first-order chi connectivity index (χ1) is 8.52. The van der Waals surface area contributed by atoms with Crippen molar-refractivity contribution in [3.63, 3.8) is 0 Å². The second-order valence-electron chi connectivity index (χ2n) is 4.02. The molecule has 1 aromatic carbocycles. The highest BCUT2D eigenvalue weighted by molar-refractivity contribution is 6.31. The van der Waals surface area contributed by atoms with Gasteiger partial charge in [0, 0.05) is 14.1 Å². The van der Waals surface area contributed by atoms with Crippen molar-refractivity contribution in [3.05, 3.63) is 41.5 Å². The minimum absolute atomic E-state index is 0.0769. The van der Waals surface area contributed by atoms with E-state index in [4.69, 9.17) is 5.41 Å². The average molecular weight is 243 g/mol. The van der Waals surface area contributed by atoms with Crippen LogP contribution in [0, 0.1) is 5.41 Å². The molecule has 5 heteroatoms. The highest BCUT2D eigenvalue weighted by Gasteiger charge is 2.35. The summed E-state index contributed by atoms with van der Waals surface area (Å²) in [5, 5.41) is 7.84. The van der Waals surface area contributed by atoms with Crippen LogP contribution in [0.15, 0.2) is 35.9 Å². The lowest BCUT2D eigenvalue weighted by Gasteiger charge is -2.31. The first-order valence-corrected chi connectivity index (χ1v) is 5.44. The molecule has 0 spiro atoms. The van der Waals surface area contributed by atoms with Crippen LogP contribution in [0.2, 0.25) is 0 Å². The summed E-state index contributed by atoms with van der Waals surface area (Å²) in [7, 11) is 2.89. The van der Waals surface area contributed by atoms with E-state index in [9.17, 15) is 9.59 Å². The predicted octanol–water partition coefficient (Wildman–Crippen LogP) is 1.57. The fraction of sp³-hybridized carbons (Fsp3) is 0.154. The summed E-state index contributed by atoms with van der Waals surface area (Å²) in [4.78, 5) is 25.7. The molecule has 0 saturated carbocycles. The number of nitrogens with zero attached hydrogens (tertiary/aromatic N) is 2. The fourth-order valence-electron chi connectivity index (χ4n) is 1.72. The smallest absolute Gasteiger partial charge is 0.284 e. The van der Waals surface area contributed by atoms with Crippen LogP contribution in [-0.2, 0) is 4.79 Å². The molecule has 18 heavy (non-hydrogen) atoms. The van der Waals surface area contributed by atoms with E-state index >= 15 is 0 Å². The molecule has 1 aliphatic heterocycles. The Morgan fingerprint density at radius 2 is 1.67 bits per heavy atom. The Bertz CT molecular complexity index is 523. The Hall–Kier alpha value is -2.43. The molecule has 2 rings (SSSR count). The molecule has 0 aromatic heterocycles. The van der Waals surface area contributed by atoms with Crippen LogP contribution in [0.1, 0.15) is 5.56 Å². The van der Waals surface area contributed by atoms with Crippen LogP contribution >= 0.6 is 0 Å². The zero-order valence-electron chi connectivity index (χ0n) is 10.2. The van der Waals surface area contributed by atoms with E-state index in [2.05, 4.69) is 0 Å². The Morgan fingerprint density at radius 1 is 1.06 bits per heavy atom. The number of likely N-dealkylation sites (N-methyl/N-ethyl adjacent to an activating group) is 2. The number of rotatable bonds is 1. The number of carbonyl (C=O) groups is 2. The molecule has 1 saturated heterocycles. The van der Waals surface area contributed by atoms with Crippen molar-refractivity contribution < 1.29 is 9.59 Å². The Labute approximate surface area is 105 Å². The van der Waals surface area contributed by atoms with Gasteiger partial charge < -0.3 is 0 Å². The Morgan fingerprint density at radius 3 is 2.28 bits per heavy atom. The summed E-state index contributed by atoms with van der Waals surface area (Å²) in [6, 6.07) is 8.76. The zero-order chi connectivity index (χ0) is 13.3. The maximum atomic E-state index is 12.0. The van der Waals surface area contributed by atoms with Gasteiger partial charge >= 0.3 is 6.03 Å². The van der Waals surface area contributed by atoms with Crippen molar-refractivity contribution in [3.8, 4) is 0 Å². The van der Waals surface area contributed by atoms with Crippen molar-refractivity contribution in [2.24, 2.45) is 0 Å². The summed E-state index contributed by atoms with van der Waals surface area (Å²) in [5.74, 6) is -0.529. The van der Waals surface area contributed by atoms with Gasteiger partial charge in [-0.3, -0.25) is 20.0 Å². The largest absolute Gasteiger partial charge is 0.332 e. The molecule has 5 nitrogen and oxygen atoms in total. The van der Waals surface area contributed by atoms with Crippen molar-refractivity contribution in [2.45, 2.75) is 0 Å². The van der Waals surface area contributed by atoms with Gasteiger partial charge in [-0.05, 0) is 11.6 Å². The molecule has 1 heterocycles. The monoisotopic (exact) mass is 243 g/mol. The van der Waals surface area contributed by atoms with E-state index in [1.54, 1.807) is 6.08 Å². The van der Waals surface area contributed by atoms with E-state index in [0.717, 1.165) is 15.4 Å². The van der Waals surface area contributed by atoms with Gasteiger partial charge in [0.15, 0.2) is 0 Å². The molecule has 0 unspecified atom stereocenters. The number of urea groups is 1. The van der Waals surface area contributed by atoms with Gasteiger partial charge in [0.1, 0.15) is 5.84 Å². The van der Waals surface area contributed by atoms with Crippen LogP contribution < -0.4 is 0 Å². The Kier molecular flexibility index (Phi) is 2.97. The number of hydrogen-bond donors (Lipinski definition) is 1. The second kappa shape index (κ2) is 4.44. The van der Waals surface area contributed by atoms with E-state index in [1.807, 2.05) is 30.3 Å². The van der Waals surface area contributed by atoms with Crippen LogP contribution in [0.3, 0.4) is 0 Å². The van der Waals surface area contributed by atoms with E-state index < -0.39 is 11.9 Å². The number of amidine groups is 1. The number of carbonyl (C=O) groups excluding carboxylic acids is 2. The van der Waals surface area contributed by atoms with Crippen molar-refractivity contribution in [1.29, 1.82) is 5.41 Å². The van der Waals surface area contributed by atoms with Gasteiger partial charge in [0.2, 0.25) is 0 Å². The maximum Gasteiger partial charge on any atom is 0.332 e. The topological polar surface area (TPSA) is 64.5 Å². The third-order valence-corrected chi connectivity index (χ3v) is 2.81. The number of imide groups is 1. The second-order valence-corrected chi connectivity index (χ2v) is 4.02. The molecule has 92 valence electrons. The molecule has 1 fully saturated rings. The van der Waals surface area contributed by atoms with Gasteiger partial charge in [-0.1, -0.05) is 30.3 Å². The van der Waals surface area contributed by atoms with Gasteiger partial charge in [-0.15, -0.1) is 0 Å². The minimum atomic E-state index is -0.491. The van der Waals surface area contributed by atoms with Gasteiger partial charge in [-0.2, -0.15) is 0 Å². The molecular weight excluding hydrogens is 230 g/mol. The maximum absolute atomic E-state index is 12.0. The third-order valence-electron chi connectivity index (χ3n) is 2.81. The lowest BCUT2D eigenvalue weighted by molar-refractivity contribution is -0.123. The van der Waals surface area contributed by atoms with Crippen molar-refractivity contribution >= 4 is 23.8 Å². The quantitative estimate of drug-likeness (QED) is 0.761. The molecule has 1 aliphatic rings. The molecule has 1 aromatic rings. The van der Waals surface area contributed by atoms with Crippen LogP contribution in [-0.4, -0.2) is 41.7 Å². The summed E-state index contributed by atoms with van der Waals surface area (Å²) >= 11 is 0. The number of nitrogens with one attached hydrogen (secondary N) is 1. The third kappa shape index (κ3) is 1.90. The summed E-state index contributed by atoms with van der Waals surface area (Å²) in [5.41, 5.74) is 1.03. The van der Waals surface area contributed by atoms with E-state index in [0.29, 0.717) is 0 Å². The SMILES string of the molecule is CN1C(=N)C(=Cc2ccccc2)C(=O)N(C)C1=O. The Balaban J connectivity index is 2.44. The van der Waals surface area contributed by atoms with Crippen LogP contribution in [0.25, 0.3) is 6.08 Å². The van der Waals surface area contributed by atoms with E-state index in [-0.39, 0.29) is 11.4 Å². The number of amides is 3. The first kappa shape index (κ1) is 12.0. The normalized spacial score (nSPS) is 18.8. The van der Waals surface area contributed by atoms with Crippen molar-refractivity contribution in [2.75, 3.05) is 14.1 Å². The first-order valence-electron chi connectivity index (χ1n) is 5.44. The molecular formula is C13H13N3O2. The standard InChI is InChI=1S/C13H13N3O2/c1-15-11(14)10(12(17)16(2)13(15)18)8-9-6-4-3-5-7-9/h3-8,14H,1-2H3. The fourth-order valence-corrected chi connectivity index (χ4v) is 1.72. The number of hydrogen-bond acceptors (Lipinski definition) is 3. The summed E-state index contributed by atoms with van der Waals surface area (Å²) in [6.45, 7) is 0. The highest BCUT2D eigenvalue weighted by atomic mass is 16.2. The molecule has 0 radical (unpaired) electrons. The minimum Gasteiger partial charge on any atom is -0.284 e. The van der Waals surface area contributed by atoms with Gasteiger partial charge in [-0.25, -0.2) is 4.79 Å². The lowest BCUT2D eigenvalue weighted by atomic mass is 10.1. The zero-order valence-corrected chi connectivity index (χ0v) is 10.2. The summed E-state index contributed by atoms with van der Waals surface area (Å²) in [6.07, 6.45) is 1.62.